The fourth-order valence-electron chi connectivity index (χ4n) is 9.93. The minimum absolute atomic E-state index is 0.206. The zero-order valence-corrected chi connectivity index (χ0v) is 32.5. The fourth-order valence-corrected chi connectivity index (χ4v) is 9.93. The van der Waals surface area contributed by atoms with Crippen molar-refractivity contribution in [3.8, 4) is 67.3 Å². The summed E-state index contributed by atoms with van der Waals surface area (Å²) in [6, 6.07) is 74.9. The maximum absolute atomic E-state index is 5.38. The Hall–Kier alpha value is -7.16. The van der Waals surface area contributed by atoms with Gasteiger partial charge in [-0.25, -0.2) is 9.97 Å². The topological polar surface area (TPSA) is 25.8 Å². The molecule has 0 radical (unpaired) electrons. The number of hydrogen-bond acceptors (Lipinski definition) is 2. The van der Waals surface area contributed by atoms with Crippen LogP contribution in [-0.2, 0) is 10.8 Å². The average Bonchev–Trinajstić information content (AvgIpc) is 3.59. The normalized spacial score (nSPS) is 14.0. The van der Waals surface area contributed by atoms with Crippen LogP contribution in [0.2, 0.25) is 0 Å². The van der Waals surface area contributed by atoms with Crippen LogP contribution in [0.5, 0.6) is 0 Å². The van der Waals surface area contributed by atoms with Crippen LogP contribution in [0.1, 0.15) is 47.2 Å². The molecule has 2 aliphatic rings. The van der Waals surface area contributed by atoms with E-state index in [2.05, 4.69) is 220 Å². The predicted molar refractivity (Wildman–Crippen MR) is 239 cm³/mol. The number of aromatic nitrogens is 2. The van der Waals surface area contributed by atoms with Crippen molar-refractivity contribution >= 4 is 0 Å². The third-order valence-corrected chi connectivity index (χ3v) is 12.6. The second kappa shape index (κ2) is 13.2. The lowest BCUT2D eigenvalue weighted by Crippen LogP contribution is -2.40. The average molecular weight is 741 g/mol. The summed E-state index contributed by atoms with van der Waals surface area (Å²) in [4.78, 5) is 10.6. The molecule has 0 atom stereocenters. The monoisotopic (exact) mass is 740 g/mol. The lowest BCUT2D eigenvalue weighted by Gasteiger charge is -2.47. The van der Waals surface area contributed by atoms with Gasteiger partial charge in [0, 0.05) is 22.1 Å². The molecule has 2 nitrogen and oxygen atoms in total. The molecule has 0 N–H and O–H groups in total. The lowest BCUT2D eigenvalue weighted by atomic mass is 9.55. The molecular weight excluding hydrogens is 701 g/mol. The Balaban J connectivity index is 1.14. The molecule has 0 unspecified atom stereocenters. The highest BCUT2D eigenvalue weighted by molar-refractivity contribution is 5.90. The summed E-state index contributed by atoms with van der Waals surface area (Å²) < 4.78 is 0. The summed E-state index contributed by atoms with van der Waals surface area (Å²) >= 11 is 0. The molecule has 8 aromatic carbocycles. The van der Waals surface area contributed by atoms with Crippen LogP contribution in [0, 0.1) is 0 Å². The lowest BCUT2D eigenvalue weighted by molar-refractivity contribution is 0.563. The van der Waals surface area contributed by atoms with Crippen LogP contribution < -0.4 is 0 Å². The van der Waals surface area contributed by atoms with Crippen molar-refractivity contribution in [3.63, 3.8) is 0 Å². The smallest absolute Gasteiger partial charge is 0.160 e. The van der Waals surface area contributed by atoms with Crippen molar-refractivity contribution < 1.29 is 0 Å². The van der Waals surface area contributed by atoms with Gasteiger partial charge < -0.3 is 0 Å². The molecule has 11 rings (SSSR count). The molecule has 9 aromatic rings. The van der Waals surface area contributed by atoms with Gasteiger partial charge in [0.25, 0.3) is 0 Å². The highest BCUT2D eigenvalue weighted by Gasteiger charge is 2.53. The molecule has 0 bridgehead atoms. The first-order chi connectivity index (χ1) is 28.5. The molecule has 58 heavy (non-hydrogen) atoms. The van der Waals surface area contributed by atoms with Gasteiger partial charge in [0.05, 0.1) is 16.8 Å². The molecule has 0 fully saturated rings. The Morgan fingerprint density at radius 1 is 0.293 bits per heavy atom. The first kappa shape index (κ1) is 34.1. The molecular formula is C56H40N2. The number of rotatable bonds is 5. The number of benzene rings is 8. The van der Waals surface area contributed by atoms with Crippen molar-refractivity contribution in [2.24, 2.45) is 0 Å². The molecule has 2 aliphatic carbocycles. The largest absolute Gasteiger partial charge is 0.228 e. The first-order valence-electron chi connectivity index (χ1n) is 20.2. The van der Waals surface area contributed by atoms with Crippen LogP contribution in [0.15, 0.2) is 206 Å². The summed E-state index contributed by atoms with van der Waals surface area (Å²) in [7, 11) is 0. The molecule has 0 aliphatic heterocycles. The number of fused-ring (bicyclic) bond motifs is 9. The van der Waals surface area contributed by atoms with Crippen molar-refractivity contribution in [3.05, 3.63) is 240 Å². The van der Waals surface area contributed by atoms with Gasteiger partial charge in [-0.15, -0.1) is 0 Å². The van der Waals surface area contributed by atoms with Crippen LogP contribution in [0.25, 0.3) is 67.3 Å². The molecule has 0 saturated carbocycles. The molecule has 1 spiro atoms. The van der Waals surface area contributed by atoms with Crippen molar-refractivity contribution in [2.75, 3.05) is 0 Å². The molecule has 274 valence electrons. The minimum Gasteiger partial charge on any atom is -0.228 e. The SMILES string of the molecule is CC1(C)c2ccccc2C2(c3ccccc3-c3ccccc32)c2cc(-c3ccccc3-c3cc(-c4ccccc4)nc(-c4cccc(-c5ccccc5)c4)n3)ccc21. The predicted octanol–water partition coefficient (Wildman–Crippen LogP) is 13.8. The van der Waals surface area contributed by atoms with Crippen LogP contribution >= 0.6 is 0 Å². The fraction of sp³-hybridized carbons (Fsp3) is 0.0714. The van der Waals surface area contributed by atoms with Gasteiger partial charge in [-0.05, 0) is 85.0 Å². The van der Waals surface area contributed by atoms with Crippen molar-refractivity contribution in [1.29, 1.82) is 0 Å². The zero-order chi connectivity index (χ0) is 38.8. The zero-order valence-electron chi connectivity index (χ0n) is 32.5. The number of nitrogens with zero attached hydrogens (tertiary/aromatic N) is 2. The first-order valence-corrected chi connectivity index (χ1v) is 20.2. The third-order valence-electron chi connectivity index (χ3n) is 12.6. The molecule has 0 amide bonds. The van der Waals surface area contributed by atoms with E-state index in [1.54, 1.807) is 0 Å². The second-order valence-electron chi connectivity index (χ2n) is 16.1. The van der Waals surface area contributed by atoms with E-state index < -0.39 is 5.41 Å². The molecule has 2 heteroatoms. The van der Waals surface area contributed by atoms with Crippen molar-refractivity contribution in [2.45, 2.75) is 24.7 Å². The Kier molecular flexibility index (Phi) is 7.78. The van der Waals surface area contributed by atoms with E-state index in [1.165, 1.54) is 50.1 Å². The van der Waals surface area contributed by atoms with Gasteiger partial charge in [0.1, 0.15) is 0 Å². The second-order valence-corrected chi connectivity index (χ2v) is 16.1. The van der Waals surface area contributed by atoms with Gasteiger partial charge in [-0.3, -0.25) is 0 Å². The van der Waals surface area contributed by atoms with E-state index in [0.717, 1.165) is 44.8 Å². The number of hydrogen-bond donors (Lipinski definition) is 0. The van der Waals surface area contributed by atoms with Gasteiger partial charge in [-0.1, -0.05) is 202 Å². The minimum atomic E-state index is -0.466. The third kappa shape index (κ3) is 5.11. The Morgan fingerprint density at radius 2 is 0.793 bits per heavy atom. The van der Waals surface area contributed by atoms with E-state index >= 15 is 0 Å². The van der Waals surface area contributed by atoms with Gasteiger partial charge in [-0.2, -0.15) is 0 Å². The molecule has 1 heterocycles. The van der Waals surface area contributed by atoms with Crippen LogP contribution in [0.4, 0.5) is 0 Å². The summed E-state index contributed by atoms with van der Waals surface area (Å²) in [6.07, 6.45) is 0. The van der Waals surface area contributed by atoms with Crippen LogP contribution in [0.3, 0.4) is 0 Å². The Bertz CT molecular complexity index is 2990. The van der Waals surface area contributed by atoms with Gasteiger partial charge >= 0.3 is 0 Å². The maximum atomic E-state index is 5.38. The summed E-state index contributed by atoms with van der Waals surface area (Å²) in [6.45, 7) is 4.77. The Labute approximate surface area is 340 Å². The van der Waals surface area contributed by atoms with E-state index in [-0.39, 0.29) is 5.41 Å². The highest BCUT2D eigenvalue weighted by atomic mass is 14.9. The van der Waals surface area contributed by atoms with E-state index in [1.807, 2.05) is 0 Å². The summed E-state index contributed by atoms with van der Waals surface area (Å²) in [5, 5.41) is 0. The maximum Gasteiger partial charge on any atom is 0.160 e. The Morgan fingerprint density at radius 3 is 1.48 bits per heavy atom. The van der Waals surface area contributed by atoms with E-state index in [4.69, 9.17) is 9.97 Å². The van der Waals surface area contributed by atoms with Crippen LogP contribution in [-0.4, -0.2) is 9.97 Å². The standard InChI is InChI=1S/C56H40N2/c1-55(2)48-30-15-16-31-50(48)56(46-28-13-11-25-43(46)44-26-12-14-29-47(44)56)51-35-40(32-33-49(51)55)42-24-9-10-27-45(42)53-36-52(38-20-7-4-8-21-38)57-54(58-53)41-23-17-22-39(34-41)37-18-5-3-6-19-37/h3-36H,1-2H3. The quantitative estimate of drug-likeness (QED) is 0.176. The molecule has 0 saturated heterocycles. The summed E-state index contributed by atoms with van der Waals surface area (Å²) in [5.41, 5.74) is 19.5. The molecule has 1 aromatic heterocycles. The highest BCUT2D eigenvalue weighted by Crippen LogP contribution is 2.62. The van der Waals surface area contributed by atoms with E-state index in [9.17, 15) is 0 Å². The van der Waals surface area contributed by atoms with Gasteiger partial charge in [0.2, 0.25) is 0 Å². The van der Waals surface area contributed by atoms with Gasteiger partial charge in [0.15, 0.2) is 5.82 Å². The summed E-state index contributed by atoms with van der Waals surface area (Å²) in [5.74, 6) is 0.700. The van der Waals surface area contributed by atoms with Crippen molar-refractivity contribution in [1.82, 2.24) is 9.97 Å². The van der Waals surface area contributed by atoms with E-state index in [0.29, 0.717) is 5.82 Å².